The number of nitrogens with one attached hydrogen (secondary N) is 1. The number of benzene rings is 1. The Bertz CT molecular complexity index is 786. The number of nitrogens with zero attached hydrogens (tertiary/aromatic N) is 2. The van der Waals surface area contributed by atoms with Gasteiger partial charge in [-0.05, 0) is 24.3 Å². The van der Waals surface area contributed by atoms with E-state index in [4.69, 9.17) is 0 Å². The van der Waals surface area contributed by atoms with Gasteiger partial charge in [0.05, 0.1) is 5.39 Å². The van der Waals surface area contributed by atoms with Crippen LogP contribution in [0, 0.1) is 44.1 Å². The summed E-state index contributed by atoms with van der Waals surface area (Å²) in [4.78, 5) is 22.9. The van der Waals surface area contributed by atoms with Crippen LogP contribution in [0.1, 0.15) is 0 Å². The van der Waals surface area contributed by atoms with Crippen molar-refractivity contribution in [2.24, 2.45) is 0 Å². The normalized spacial score (nSPS) is 10.1. The summed E-state index contributed by atoms with van der Waals surface area (Å²) in [5.41, 5.74) is 0.783. The Balaban J connectivity index is 0.00000133. The van der Waals surface area contributed by atoms with Crippen LogP contribution in [0.3, 0.4) is 0 Å². The van der Waals surface area contributed by atoms with Crippen molar-refractivity contribution in [1.29, 1.82) is 0 Å². The van der Waals surface area contributed by atoms with Crippen LogP contribution in [0.5, 0.6) is 5.75 Å². The average molecular weight is 466 g/mol. The maximum atomic E-state index is 11.9. The quantitative estimate of drug-likeness (QED) is 0.573. The number of hydrogen-bond donors (Lipinski definition) is 2. The Hall–Kier alpha value is -1.25. The van der Waals surface area contributed by atoms with E-state index in [2.05, 4.69) is 15.0 Å². The Labute approximate surface area is 144 Å². The summed E-state index contributed by atoms with van der Waals surface area (Å²) in [6.45, 7) is 0. The second-order valence-corrected chi connectivity index (χ2v) is 3.84. The van der Waals surface area contributed by atoms with Crippen molar-refractivity contribution in [3.05, 3.63) is 52.9 Å². The van der Waals surface area contributed by atoms with E-state index in [1.807, 2.05) is 0 Å². The SMILES string of the molecule is O=c1[nH]c(-c2cccc(O)c2)nc2ncccc12.[Ac]. The molecule has 91 valence electrons. The molecule has 0 saturated carbocycles. The predicted octanol–water partition coefficient (Wildman–Crippen LogP) is 1.69. The number of phenolic OH excluding ortho intramolecular Hbond substituents is 1. The Morgan fingerprint density at radius 2 is 2.00 bits per heavy atom. The van der Waals surface area contributed by atoms with Gasteiger partial charge in [0.2, 0.25) is 0 Å². The maximum Gasteiger partial charge on any atom is 0.260 e. The fraction of sp³-hybridized carbons (Fsp3) is 0. The Kier molecular flexibility index (Phi) is 4.33. The molecular weight excluding hydrogens is 457 g/mol. The number of hydrogen-bond acceptors (Lipinski definition) is 4. The van der Waals surface area contributed by atoms with E-state index in [0.29, 0.717) is 22.4 Å². The van der Waals surface area contributed by atoms with Crippen LogP contribution >= 0.6 is 0 Å². The van der Waals surface area contributed by atoms with E-state index in [1.54, 1.807) is 36.5 Å². The minimum absolute atomic E-state index is 0. The fourth-order valence-electron chi connectivity index (χ4n) is 1.76. The number of pyridine rings is 1. The molecule has 3 rings (SSSR count). The zero-order chi connectivity index (χ0) is 12.5. The molecule has 2 heterocycles. The number of phenols is 1. The number of rotatable bonds is 1. The van der Waals surface area contributed by atoms with Gasteiger partial charge in [0, 0.05) is 55.8 Å². The summed E-state index contributed by atoms with van der Waals surface area (Å²) >= 11 is 0. The summed E-state index contributed by atoms with van der Waals surface area (Å²) in [7, 11) is 0. The van der Waals surface area contributed by atoms with Crippen molar-refractivity contribution in [3.63, 3.8) is 0 Å². The number of aromatic amines is 1. The fourth-order valence-corrected chi connectivity index (χ4v) is 1.76. The first-order chi connectivity index (χ1) is 8.74. The largest absolute Gasteiger partial charge is 0.508 e. The average Bonchev–Trinajstić information content (AvgIpc) is 2.39. The summed E-state index contributed by atoms with van der Waals surface area (Å²) in [5.74, 6) is 0.512. The third-order valence-electron chi connectivity index (χ3n) is 2.60. The van der Waals surface area contributed by atoms with Gasteiger partial charge in [-0.1, -0.05) is 12.1 Å². The van der Waals surface area contributed by atoms with E-state index in [9.17, 15) is 9.90 Å². The molecule has 0 unspecified atom stereocenters. The Morgan fingerprint density at radius 1 is 1.16 bits per heavy atom. The van der Waals surface area contributed by atoms with Crippen LogP contribution in [0.2, 0.25) is 0 Å². The number of aromatic nitrogens is 3. The molecule has 0 aliphatic heterocycles. The van der Waals surface area contributed by atoms with Crippen LogP contribution in [-0.2, 0) is 0 Å². The van der Waals surface area contributed by atoms with Gasteiger partial charge in [0.25, 0.3) is 5.56 Å². The van der Waals surface area contributed by atoms with Gasteiger partial charge < -0.3 is 10.1 Å². The second kappa shape index (κ2) is 5.81. The summed E-state index contributed by atoms with van der Waals surface area (Å²) in [6.07, 6.45) is 1.58. The van der Waals surface area contributed by atoms with Gasteiger partial charge in [-0.25, -0.2) is 9.97 Å². The third-order valence-corrected chi connectivity index (χ3v) is 2.60. The van der Waals surface area contributed by atoms with Crippen LogP contribution in [0.15, 0.2) is 47.4 Å². The molecule has 0 fully saturated rings. The molecule has 0 saturated heterocycles. The van der Waals surface area contributed by atoms with Crippen molar-refractivity contribution in [2.45, 2.75) is 0 Å². The van der Waals surface area contributed by atoms with E-state index < -0.39 is 0 Å². The predicted molar refractivity (Wildman–Crippen MR) is 67.3 cm³/mol. The molecule has 1 aromatic carbocycles. The van der Waals surface area contributed by atoms with Crippen molar-refractivity contribution in [2.75, 3.05) is 0 Å². The van der Waals surface area contributed by atoms with E-state index in [0.717, 1.165) is 0 Å². The summed E-state index contributed by atoms with van der Waals surface area (Å²) < 4.78 is 0. The van der Waals surface area contributed by atoms with Crippen LogP contribution in [0.4, 0.5) is 0 Å². The monoisotopic (exact) mass is 466 g/mol. The van der Waals surface area contributed by atoms with Crippen molar-refractivity contribution >= 4 is 11.0 Å². The van der Waals surface area contributed by atoms with Gasteiger partial charge in [-0.3, -0.25) is 4.79 Å². The maximum absolute atomic E-state index is 11.9. The standard InChI is InChI=1S/C13H9N3O2.Ac/c17-9-4-1-3-8(7-9)11-15-12-10(13(18)16-11)5-2-6-14-12;/h1-7,17H,(H,14,15,16,18);. The first-order valence-corrected chi connectivity index (χ1v) is 5.38. The minimum atomic E-state index is -0.244. The first kappa shape index (κ1) is 14.2. The van der Waals surface area contributed by atoms with E-state index in [1.165, 1.54) is 6.07 Å². The molecule has 2 N–H and O–H groups in total. The zero-order valence-corrected chi connectivity index (χ0v) is 14.6. The van der Waals surface area contributed by atoms with Gasteiger partial charge in [-0.15, -0.1) is 0 Å². The second-order valence-electron chi connectivity index (χ2n) is 3.84. The summed E-state index contributed by atoms with van der Waals surface area (Å²) in [5, 5.41) is 9.87. The molecule has 0 bridgehead atoms. The van der Waals surface area contributed by atoms with Crippen molar-refractivity contribution in [1.82, 2.24) is 15.0 Å². The van der Waals surface area contributed by atoms with E-state index >= 15 is 0 Å². The molecule has 0 atom stereocenters. The van der Waals surface area contributed by atoms with Crippen LogP contribution < -0.4 is 5.56 Å². The molecule has 5 nitrogen and oxygen atoms in total. The molecule has 3 aromatic rings. The van der Waals surface area contributed by atoms with Gasteiger partial charge in [-0.2, -0.15) is 0 Å². The molecule has 2 aromatic heterocycles. The Morgan fingerprint density at radius 3 is 2.79 bits per heavy atom. The van der Waals surface area contributed by atoms with E-state index in [-0.39, 0.29) is 55.4 Å². The number of H-pyrrole nitrogens is 1. The van der Waals surface area contributed by atoms with Gasteiger partial charge in [0.15, 0.2) is 5.65 Å². The topological polar surface area (TPSA) is 78.9 Å². The van der Waals surface area contributed by atoms with Gasteiger partial charge in [0.1, 0.15) is 11.6 Å². The van der Waals surface area contributed by atoms with Gasteiger partial charge >= 0.3 is 0 Å². The summed E-state index contributed by atoms with van der Waals surface area (Å²) in [6, 6.07) is 9.89. The number of fused-ring (bicyclic) bond motifs is 1. The first-order valence-electron chi connectivity index (χ1n) is 5.38. The van der Waals surface area contributed by atoms with Crippen LogP contribution in [-0.4, -0.2) is 20.1 Å². The van der Waals surface area contributed by atoms with Crippen molar-refractivity contribution in [3.8, 4) is 17.1 Å². The number of aromatic hydroxyl groups is 1. The smallest absolute Gasteiger partial charge is 0.260 e. The molecule has 0 spiro atoms. The molecule has 0 aliphatic carbocycles. The molecule has 0 aliphatic rings. The molecular formula is C13H9AcN3O2. The minimum Gasteiger partial charge on any atom is -0.508 e. The zero-order valence-electron chi connectivity index (χ0n) is 9.87. The molecule has 1 radical (unpaired) electrons. The molecule has 0 amide bonds. The van der Waals surface area contributed by atoms with Crippen molar-refractivity contribution < 1.29 is 49.2 Å². The van der Waals surface area contributed by atoms with Crippen LogP contribution in [0.25, 0.3) is 22.4 Å². The third kappa shape index (κ3) is 2.85. The molecule has 6 heteroatoms. The molecule has 19 heavy (non-hydrogen) atoms.